The molecule has 78 valence electrons. The molecule has 0 spiro atoms. The molecule has 0 aromatic carbocycles. The lowest BCUT2D eigenvalue weighted by Crippen LogP contribution is -2.25. The lowest BCUT2D eigenvalue weighted by molar-refractivity contribution is -0.108. The summed E-state index contributed by atoms with van der Waals surface area (Å²) in [6.45, 7) is 7.38. The van der Waals surface area contributed by atoms with Crippen LogP contribution in [0.3, 0.4) is 0 Å². The van der Waals surface area contributed by atoms with E-state index in [2.05, 4.69) is 18.5 Å². The molecule has 0 amide bonds. The molecule has 0 heterocycles. The maximum atomic E-state index is 10.2. The third-order valence-electron chi connectivity index (χ3n) is 2.12. The van der Waals surface area contributed by atoms with E-state index in [1.807, 2.05) is 19.2 Å². The zero-order valence-corrected chi connectivity index (χ0v) is 8.83. The fourth-order valence-corrected chi connectivity index (χ4v) is 1.27. The van der Waals surface area contributed by atoms with Crippen LogP contribution in [0.1, 0.15) is 19.3 Å². The molecule has 0 rings (SSSR count). The fourth-order valence-electron chi connectivity index (χ4n) is 1.27. The Morgan fingerprint density at radius 2 is 2.21 bits per heavy atom. The molecule has 1 N–H and O–H groups in total. The quantitative estimate of drug-likeness (QED) is 0.473. The Morgan fingerprint density at radius 1 is 1.50 bits per heavy atom. The number of aldehydes is 1. The van der Waals surface area contributed by atoms with Crippen molar-refractivity contribution in [1.29, 1.82) is 0 Å². The minimum atomic E-state index is 0.337. The Labute approximate surface area is 86.4 Å². The van der Waals surface area contributed by atoms with Crippen molar-refractivity contribution in [3.8, 4) is 0 Å². The summed E-state index contributed by atoms with van der Waals surface area (Å²) in [5, 5.41) is 3.18. The molecule has 14 heavy (non-hydrogen) atoms. The number of carbonyl (C=O) groups is 1. The van der Waals surface area contributed by atoms with Gasteiger partial charge < -0.3 is 10.1 Å². The van der Waals surface area contributed by atoms with Gasteiger partial charge in [-0.2, -0.15) is 0 Å². The molecule has 0 saturated heterocycles. The molecule has 0 saturated carbocycles. The third-order valence-corrected chi connectivity index (χ3v) is 2.12. The van der Waals surface area contributed by atoms with E-state index >= 15 is 0 Å². The number of nitrogens with one attached hydrogen (secondary N) is 1. The van der Waals surface area contributed by atoms with Crippen LogP contribution in [0.2, 0.25) is 0 Å². The number of carbonyl (C=O) groups excluding carboxylic acids is 1. The predicted molar refractivity (Wildman–Crippen MR) is 61.2 cm³/mol. The maximum absolute atomic E-state index is 10.2. The molecule has 0 aliphatic heterocycles. The van der Waals surface area contributed by atoms with Crippen LogP contribution >= 0.6 is 0 Å². The first-order valence-corrected chi connectivity index (χ1v) is 4.83. The van der Waals surface area contributed by atoms with Crippen LogP contribution in [0.5, 0.6) is 0 Å². The SMILES string of the molecule is C=C/C=C(\C=C)CC(CCC=O)NC. The Bertz CT molecular complexity index is 218. The highest BCUT2D eigenvalue weighted by molar-refractivity contribution is 5.49. The molecule has 0 aromatic rings. The molecule has 0 fully saturated rings. The van der Waals surface area contributed by atoms with Crippen molar-refractivity contribution in [2.45, 2.75) is 25.3 Å². The first-order valence-electron chi connectivity index (χ1n) is 4.83. The highest BCUT2D eigenvalue weighted by Crippen LogP contribution is 2.10. The van der Waals surface area contributed by atoms with Gasteiger partial charge in [-0.1, -0.05) is 31.4 Å². The molecule has 0 bridgehead atoms. The van der Waals surface area contributed by atoms with Crippen LogP contribution < -0.4 is 5.32 Å². The first kappa shape index (κ1) is 12.8. The Morgan fingerprint density at radius 3 is 2.64 bits per heavy atom. The molecule has 2 nitrogen and oxygen atoms in total. The molecular weight excluding hydrogens is 174 g/mol. The van der Waals surface area contributed by atoms with Crippen LogP contribution in [0.15, 0.2) is 37.0 Å². The number of hydrogen-bond acceptors (Lipinski definition) is 2. The smallest absolute Gasteiger partial charge is 0.120 e. The van der Waals surface area contributed by atoms with Crippen molar-refractivity contribution >= 4 is 6.29 Å². The van der Waals surface area contributed by atoms with E-state index in [-0.39, 0.29) is 0 Å². The molecule has 1 unspecified atom stereocenters. The van der Waals surface area contributed by atoms with E-state index in [4.69, 9.17) is 0 Å². The van der Waals surface area contributed by atoms with E-state index in [0.29, 0.717) is 12.5 Å². The minimum Gasteiger partial charge on any atom is -0.317 e. The molecule has 0 aliphatic rings. The zero-order valence-electron chi connectivity index (χ0n) is 8.83. The van der Waals surface area contributed by atoms with Gasteiger partial charge in [-0.25, -0.2) is 0 Å². The lowest BCUT2D eigenvalue weighted by atomic mass is 10.0. The van der Waals surface area contributed by atoms with Crippen LogP contribution in [0.4, 0.5) is 0 Å². The van der Waals surface area contributed by atoms with Crippen molar-refractivity contribution in [3.05, 3.63) is 37.0 Å². The van der Waals surface area contributed by atoms with Gasteiger partial charge in [0.2, 0.25) is 0 Å². The second-order valence-electron chi connectivity index (χ2n) is 3.12. The molecule has 2 heteroatoms. The van der Waals surface area contributed by atoms with E-state index in [9.17, 15) is 4.79 Å². The van der Waals surface area contributed by atoms with Crippen molar-refractivity contribution in [2.75, 3.05) is 7.05 Å². The van der Waals surface area contributed by atoms with Crippen LogP contribution in [0, 0.1) is 0 Å². The summed E-state index contributed by atoms with van der Waals surface area (Å²) in [5.74, 6) is 0. The van der Waals surface area contributed by atoms with Crippen LogP contribution in [-0.4, -0.2) is 19.4 Å². The summed E-state index contributed by atoms with van der Waals surface area (Å²) < 4.78 is 0. The summed E-state index contributed by atoms with van der Waals surface area (Å²) in [6.07, 6.45) is 8.83. The van der Waals surface area contributed by atoms with Gasteiger partial charge in [0.25, 0.3) is 0 Å². The fraction of sp³-hybridized carbons (Fsp3) is 0.417. The van der Waals surface area contributed by atoms with Gasteiger partial charge in [0.1, 0.15) is 6.29 Å². The van der Waals surface area contributed by atoms with Crippen molar-refractivity contribution in [2.24, 2.45) is 0 Å². The molecular formula is C12H19NO. The van der Waals surface area contributed by atoms with Gasteiger partial charge in [0, 0.05) is 12.5 Å². The number of rotatable bonds is 8. The first-order chi connectivity index (χ1) is 6.78. The van der Waals surface area contributed by atoms with E-state index in [0.717, 1.165) is 24.7 Å². The number of allylic oxidation sites excluding steroid dienone is 3. The highest BCUT2D eigenvalue weighted by atomic mass is 16.1. The molecule has 0 aromatic heterocycles. The Balaban J connectivity index is 4.12. The van der Waals surface area contributed by atoms with Crippen LogP contribution in [0.25, 0.3) is 0 Å². The standard InChI is InChI=1S/C12H19NO/c1-4-7-11(5-2)10-12(13-3)8-6-9-14/h4-5,7,9,12-13H,1-2,6,8,10H2,3H3/b11-7+. The average molecular weight is 193 g/mol. The zero-order chi connectivity index (χ0) is 10.8. The topological polar surface area (TPSA) is 29.1 Å². The number of hydrogen-bond donors (Lipinski definition) is 1. The summed E-state index contributed by atoms with van der Waals surface area (Å²) in [4.78, 5) is 10.2. The van der Waals surface area contributed by atoms with E-state index < -0.39 is 0 Å². The van der Waals surface area contributed by atoms with Gasteiger partial charge in [-0.3, -0.25) is 0 Å². The third kappa shape index (κ3) is 5.49. The summed E-state index contributed by atoms with van der Waals surface area (Å²) in [5.41, 5.74) is 1.14. The van der Waals surface area contributed by atoms with E-state index in [1.165, 1.54) is 0 Å². The van der Waals surface area contributed by atoms with Crippen LogP contribution in [-0.2, 0) is 4.79 Å². The summed E-state index contributed by atoms with van der Waals surface area (Å²) in [6, 6.07) is 0.337. The monoisotopic (exact) mass is 193 g/mol. The van der Waals surface area contributed by atoms with Gasteiger partial charge in [0.15, 0.2) is 0 Å². The van der Waals surface area contributed by atoms with Gasteiger partial charge in [-0.05, 0) is 25.5 Å². The summed E-state index contributed by atoms with van der Waals surface area (Å²) >= 11 is 0. The second-order valence-corrected chi connectivity index (χ2v) is 3.12. The average Bonchev–Trinajstić information content (AvgIpc) is 2.22. The Kier molecular flexibility index (Phi) is 7.75. The largest absolute Gasteiger partial charge is 0.317 e. The highest BCUT2D eigenvalue weighted by Gasteiger charge is 2.06. The minimum absolute atomic E-state index is 0.337. The maximum Gasteiger partial charge on any atom is 0.120 e. The normalized spacial score (nSPS) is 13.4. The molecule has 0 aliphatic carbocycles. The van der Waals surface area contributed by atoms with Crippen molar-refractivity contribution in [1.82, 2.24) is 5.32 Å². The lowest BCUT2D eigenvalue weighted by Gasteiger charge is -2.14. The van der Waals surface area contributed by atoms with E-state index in [1.54, 1.807) is 6.08 Å². The predicted octanol–water partition coefficient (Wildman–Crippen LogP) is 2.24. The molecule has 1 atom stereocenters. The van der Waals surface area contributed by atoms with Crippen molar-refractivity contribution in [3.63, 3.8) is 0 Å². The second kappa shape index (κ2) is 8.45. The Hall–Kier alpha value is -1.15. The van der Waals surface area contributed by atoms with Gasteiger partial charge in [0.05, 0.1) is 0 Å². The van der Waals surface area contributed by atoms with Gasteiger partial charge in [-0.15, -0.1) is 0 Å². The van der Waals surface area contributed by atoms with Crippen molar-refractivity contribution < 1.29 is 4.79 Å². The van der Waals surface area contributed by atoms with Gasteiger partial charge >= 0.3 is 0 Å². The molecule has 0 radical (unpaired) electrons. The summed E-state index contributed by atoms with van der Waals surface area (Å²) in [7, 11) is 1.91.